The Hall–Kier alpha value is -1.58. The summed E-state index contributed by atoms with van der Waals surface area (Å²) in [6.07, 6.45) is 3.76. The lowest BCUT2D eigenvalue weighted by Crippen LogP contribution is -2.24. The maximum Gasteiger partial charge on any atom is 0.0525 e. The van der Waals surface area contributed by atoms with Gasteiger partial charge in [0.15, 0.2) is 0 Å². The molecule has 0 amide bonds. The maximum absolute atomic E-state index is 6.32. The molecule has 0 saturated carbocycles. The molecule has 1 heterocycles. The third kappa shape index (κ3) is 3.74. The lowest BCUT2D eigenvalue weighted by molar-refractivity contribution is 0.701. The Morgan fingerprint density at radius 3 is 2.76 bits per heavy atom. The van der Waals surface area contributed by atoms with E-state index in [1.165, 1.54) is 11.3 Å². The van der Waals surface area contributed by atoms with E-state index in [1.54, 1.807) is 0 Å². The molecule has 0 aliphatic rings. The third-order valence-electron chi connectivity index (χ3n) is 3.76. The van der Waals surface area contributed by atoms with Crippen LogP contribution in [0.25, 0.3) is 0 Å². The number of hydrogen-bond acceptors (Lipinski definition) is 3. The number of benzene rings is 1. The summed E-state index contributed by atoms with van der Waals surface area (Å²) in [6.45, 7) is 6.03. The predicted octanol–water partition coefficient (Wildman–Crippen LogP) is 4.04. The van der Waals surface area contributed by atoms with Gasteiger partial charge < -0.3 is 10.2 Å². The number of nitrogens with zero attached hydrogens (tertiary/aromatic N) is 2. The average molecular weight is 304 g/mol. The molecule has 2 aromatic rings. The van der Waals surface area contributed by atoms with Gasteiger partial charge in [-0.15, -0.1) is 0 Å². The smallest absolute Gasteiger partial charge is 0.0525 e. The Kier molecular flexibility index (Phi) is 5.59. The van der Waals surface area contributed by atoms with Crippen molar-refractivity contribution in [3.63, 3.8) is 0 Å². The third-order valence-corrected chi connectivity index (χ3v) is 4.10. The first-order valence-corrected chi connectivity index (χ1v) is 7.63. The number of hydrogen-bond donors (Lipinski definition) is 1. The zero-order valence-electron chi connectivity index (χ0n) is 12.8. The van der Waals surface area contributed by atoms with Gasteiger partial charge >= 0.3 is 0 Å². The van der Waals surface area contributed by atoms with Crippen LogP contribution in [0.2, 0.25) is 5.02 Å². The number of pyridine rings is 1. The van der Waals surface area contributed by atoms with E-state index in [9.17, 15) is 0 Å². The number of halogens is 1. The van der Waals surface area contributed by atoms with Crippen molar-refractivity contribution >= 4 is 17.3 Å². The van der Waals surface area contributed by atoms with Crippen molar-refractivity contribution in [1.82, 2.24) is 10.3 Å². The lowest BCUT2D eigenvalue weighted by atomic mass is 10.1. The number of aromatic nitrogens is 1. The molecule has 2 rings (SSSR count). The molecule has 0 saturated heterocycles. The second-order valence-electron chi connectivity index (χ2n) is 5.09. The van der Waals surface area contributed by atoms with E-state index in [4.69, 9.17) is 11.6 Å². The Morgan fingerprint density at radius 2 is 2.05 bits per heavy atom. The summed E-state index contributed by atoms with van der Waals surface area (Å²) in [7, 11) is 2.10. The van der Waals surface area contributed by atoms with E-state index in [0.29, 0.717) is 0 Å². The van der Waals surface area contributed by atoms with Crippen molar-refractivity contribution < 1.29 is 0 Å². The van der Waals surface area contributed by atoms with E-state index in [0.717, 1.165) is 23.7 Å². The van der Waals surface area contributed by atoms with E-state index in [-0.39, 0.29) is 6.04 Å². The first-order chi connectivity index (χ1) is 10.1. The van der Waals surface area contributed by atoms with Crippen LogP contribution in [0.1, 0.15) is 31.0 Å². The monoisotopic (exact) mass is 303 g/mol. The van der Waals surface area contributed by atoms with Gasteiger partial charge in [-0.25, -0.2) is 0 Å². The molecule has 1 atom stereocenters. The highest BCUT2D eigenvalue weighted by Crippen LogP contribution is 2.31. The van der Waals surface area contributed by atoms with Gasteiger partial charge in [-0.1, -0.05) is 36.7 Å². The molecule has 1 N–H and O–H groups in total. The molecule has 0 radical (unpaired) electrons. The average Bonchev–Trinajstić information content (AvgIpc) is 2.52. The van der Waals surface area contributed by atoms with Crippen LogP contribution < -0.4 is 10.2 Å². The number of anilines is 1. The molecule has 1 unspecified atom stereocenters. The van der Waals surface area contributed by atoms with Gasteiger partial charge in [0.2, 0.25) is 0 Å². The maximum atomic E-state index is 6.32. The summed E-state index contributed by atoms with van der Waals surface area (Å²) in [4.78, 5) is 6.48. The zero-order valence-corrected chi connectivity index (χ0v) is 13.6. The van der Waals surface area contributed by atoms with Gasteiger partial charge in [0, 0.05) is 42.3 Å². The van der Waals surface area contributed by atoms with E-state index in [1.807, 2.05) is 30.6 Å². The zero-order chi connectivity index (χ0) is 15.2. The SMILES string of the molecule is CCNCc1cnccc1N(C)C(C)c1ccccc1Cl. The van der Waals surface area contributed by atoms with Crippen molar-refractivity contribution in [2.75, 3.05) is 18.5 Å². The molecular weight excluding hydrogens is 282 g/mol. The second kappa shape index (κ2) is 7.43. The van der Waals surface area contributed by atoms with Crippen LogP contribution in [0.3, 0.4) is 0 Å². The molecule has 0 fully saturated rings. The fourth-order valence-electron chi connectivity index (χ4n) is 2.39. The fourth-order valence-corrected chi connectivity index (χ4v) is 2.68. The molecule has 21 heavy (non-hydrogen) atoms. The van der Waals surface area contributed by atoms with Crippen LogP contribution in [-0.2, 0) is 6.54 Å². The van der Waals surface area contributed by atoms with Crippen LogP contribution in [-0.4, -0.2) is 18.6 Å². The first-order valence-electron chi connectivity index (χ1n) is 7.26. The Bertz CT molecular complexity index is 586. The standard InChI is InChI=1S/C17H22ClN3/c1-4-19-11-14-12-20-10-9-17(14)21(3)13(2)15-7-5-6-8-16(15)18/h5-10,12-13,19H,4,11H2,1-3H3. The summed E-state index contributed by atoms with van der Waals surface area (Å²) in [5, 5.41) is 4.16. The van der Waals surface area contributed by atoms with Crippen molar-refractivity contribution in [3.05, 3.63) is 58.9 Å². The van der Waals surface area contributed by atoms with Gasteiger partial charge in [0.05, 0.1) is 6.04 Å². The van der Waals surface area contributed by atoms with Crippen LogP contribution in [0, 0.1) is 0 Å². The summed E-state index contributed by atoms with van der Waals surface area (Å²) < 4.78 is 0. The topological polar surface area (TPSA) is 28.2 Å². The molecule has 112 valence electrons. The highest BCUT2D eigenvalue weighted by molar-refractivity contribution is 6.31. The highest BCUT2D eigenvalue weighted by Gasteiger charge is 2.17. The van der Waals surface area contributed by atoms with E-state index >= 15 is 0 Å². The highest BCUT2D eigenvalue weighted by atomic mass is 35.5. The van der Waals surface area contributed by atoms with E-state index in [2.05, 4.69) is 48.2 Å². The fraction of sp³-hybridized carbons (Fsp3) is 0.353. The quantitative estimate of drug-likeness (QED) is 0.873. The minimum Gasteiger partial charge on any atom is -0.367 e. The number of nitrogens with one attached hydrogen (secondary N) is 1. The molecule has 1 aromatic carbocycles. The normalized spacial score (nSPS) is 12.2. The van der Waals surface area contributed by atoms with Gasteiger partial charge in [-0.05, 0) is 31.2 Å². The van der Waals surface area contributed by atoms with Crippen LogP contribution >= 0.6 is 11.6 Å². The van der Waals surface area contributed by atoms with Crippen LogP contribution in [0.4, 0.5) is 5.69 Å². The van der Waals surface area contributed by atoms with Crippen molar-refractivity contribution in [1.29, 1.82) is 0 Å². The molecule has 0 spiro atoms. The van der Waals surface area contributed by atoms with E-state index < -0.39 is 0 Å². The van der Waals surface area contributed by atoms with Gasteiger partial charge in [-0.3, -0.25) is 4.98 Å². The molecule has 4 heteroatoms. The van der Waals surface area contributed by atoms with Crippen molar-refractivity contribution in [2.24, 2.45) is 0 Å². The molecule has 0 aliphatic carbocycles. The lowest BCUT2D eigenvalue weighted by Gasteiger charge is -2.29. The molecule has 3 nitrogen and oxygen atoms in total. The van der Waals surface area contributed by atoms with Crippen LogP contribution in [0.5, 0.6) is 0 Å². The Balaban J connectivity index is 2.27. The summed E-state index contributed by atoms with van der Waals surface area (Å²) in [6, 6.07) is 10.3. The van der Waals surface area contributed by atoms with Crippen LogP contribution in [0.15, 0.2) is 42.7 Å². The Labute approximate surface area is 132 Å². The largest absolute Gasteiger partial charge is 0.367 e. The minimum atomic E-state index is 0.196. The minimum absolute atomic E-state index is 0.196. The summed E-state index contributed by atoms with van der Waals surface area (Å²) in [5.74, 6) is 0. The molecule has 1 aromatic heterocycles. The van der Waals surface area contributed by atoms with Crippen molar-refractivity contribution in [3.8, 4) is 0 Å². The molecule has 0 aliphatic heterocycles. The first kappa shape index (κ1) is 15.8. The predicted molar refractivity (Wildman–Crippen MR) is 89.9 cm³/mol. The summed E-state index contributed by atoms with van der Waals surface area (Å²) >= 11 is 6.32. The summed E-state index contributed by atoms with van der Waals surface area (Å²) in [5.41, 5.74) is 3.51. The molecule has 0 bridgehead atoms. The second-order valence-corrected chi connectivity index (χ2v) is 5.50. The Morgan fingerprint density at radius 1 is 1.29 bits per heavy atom. The van der Waals surface area contributed by atoms with Gasteiger partial charge in [-0.2, -0.15) is 0 Å². The van der Waals surface area contributed by atoms with Crippen molar-refractivity contribution in [2.45, 2.75) is 26.4 Å². The van der Waals surface area contributed by atoms with Gasteiger partial charge in [0.25, 0.3) is 0 Å². The number of rotatable bonds is 6. The van der Waals surface area contributed by atoms with Gasteiger partial charge in [0.1, 0.15) is 0 Å². The molecular formula is C17H22ClN3.